The molecule has 0 unspecified atom stereocenters. The van der Waals surface area contributed by atoms with Crippen molar-refractivity contribution in [1.29, 1.82) is 0 Å². The number of amides is 1. The highest BCUT2D eigenvalue weighted by Gasteiger charge is 2.14. The lowest BCUT2D eigenvalue weighted by Crippen LogP contribution is -2.30. The number of benzene rings is 1. The molecule has 1 amide bonds. The fourth-order valence-corrected chi connectivity index (χ4v) is 3.01. The van der Waals surface area contributed by atoms with Crippen molar-refractivity contribution in [2.24, 2.45) is 0 Å². The molecule has 3 rings (SSSR count). The molecule has 2 aromatic rings. The van der Waals surface area contributed by atoms with Crippen molar-refractivity contribution in [3.8, 4) is 5.75 Å². The average Bonchev–Trinajstić information content (AvgIpc) is 2.67. The number of pyridine rings is 1. The summed E-state index contributed by atoms with van der Waals surface area (Å²) in [6.07, 6.45) is 5.41. The summed E-state index contributed by atoms with van der Waals surface area (Å²) in [4.78, 5) is 19.0. The standard InChI is InChI=1S/C19H23N3O2/c1-24-18-8-4-3-7-15(18)14-21-19(23)17-13-16(9-10-20-17)22-11-5-2-6-12-22/h3-4,7-10,13H,2,5-6,11-12,14H2,1H3,(H,21,23). The Labute approximate surface area is 142 Å². The molecule has 5 nitrogen and oxygen atoms in total. The number of nitrogens with one attached hydrogen (secondary N) is 1. The van der Waals surface area contributed by atoms with Gasteiger partial charge in [-0.25, -0.2) is 0 Å². The molecule has 1 aliphatic rings. The van der Waals surface area contributed by atoms with Gasteiger partial charge in [0.25, 0.3) is 5.91 Å². The molecule has 0 atom stereocenters. The molecule has 1 saturated heterocycles. The molecule has 0 saturated carbocycles. The second-order valence-corrected chi connectivity index (χ2v) is 5.94. The van der Waals surface area contributed by atoms with Gasteiger partial charge < -0.3 is 15.0 Å². The highest BCUT2D eigenvalue weighted by Crippen LogP contribution is 2.20. The van der Waals surface area contributed by atoms with Crippen LogP contribution in [0, 0.1) is 0 Å². The van der Waals surface area contributed by atoms with Crippen LogP contribution in [0.1, 0.15) is 35.3 Å². The monoisotopic (exact) mass is 325 g/mol. The highest BCUT2D eigenvalue weighted by molar-refractivity contribution is 5.93. The SMILES string of the molecule is COc1ccccc1CNC(=O)c1cc(N2CCCCC2)ccn1. The molecule has 0 bridgehead atoms. The van der Waals surface area contributed by atoms with Gasteiger partial charge in [0.05, 0.1) is 7.11 Å². The predicted molar refractivity (Wildman–Crippen MR) is 94.5 cm³/mol. The molecular formula is C19H23N3O2. The van der Waals surface area contributed by atoms with Crippen LogP contribution in [-0.4, -0.2) is 31.1 Å². The number of ether oxygens (including phenoxy) is 1. The van der Waals surface area contributed by atoms with Gasteiger partial charge in [0.2, 0.25) is 0 Å². The number of rotatable bonds is 5. The van der Waals surface area contributed by atoms with Crippen LogP contribution in [0.25, 0.3) is 0 Å². The zero-order valence-corrected chi connectivity index (χ0v) is 14.0. The lowest BCUT2D eigenvalue weighted by molar-refractivity contribution is 0.0945. The van der Waals surface area contributed by atoms with Gasteiger partial charge in [-0.3, -0.25) is 9.78 Å². The minimum Gasteiger partial charge on any atom is -0.496 e. The van der Waals surface area contributed by atoms with Crippen LogP contribution in [0.3, 0.4) is 0 Å². The van der Waals surface area contributed by atoms with Crippen molar-refractivity contribution in [1.82, 2.24) is 10.3 Å². The lowest BCUT2D eigenvalue weighted by Gasteiger charge is -2.28. The number of hydrogen-bond donors (Lipinski definition) is 1. The summed E-state index contributed by atoms with van der Waals surface area (Å²) in [5, 5.41) is 2.92. The van der Waals surface area contributed by atoms with Crippen molar-refractivity contribution in [3.63, 3.8) is 0 Å². The van der Waals surface area contributed by atoms with Crippen LogP contribution in [-0.2, 0) is 6.54 Å². The smallest absolute Gasteiger partial charge is 0.270 e. The molecule has 0 aliphatic carbocycles. The maximum Gasteiger partial charge on any atom is 0.270 e. The van der Waals surface area contributed by atoms with E-state index in [-0.39, 0.29) is 5.91 Å². The van der Waals surface area contributed by atoms with E-state index in [0.29, 0.717) is 12.2 Å². The van der Waals surface area contributed by atoms with Crippen molar-refractivity contribution < 1.29 is 9.53 Å². The molecule has 0 spiro atoms. The number of carbonyl (C=O) groups is 1. The van der Waals surface area contributed by atoms with Crippen LogP contribution in [0.2, 0.25) is 0 Å². The van der Waals surface area contributed by atoms with E-state index in [4.69, 9.17) is 4.74 Å². The van der Waals surface area contributed by atoms with E-state index >= 15 is 0 Å². The zero-order chi connectivity index (χ0) is 16.8. The van der Waals surface area contributed by atoms with Crippen LogP contribution in [0.5, 0.6) is 5.75 Å². The third-order valence-electron chi connectivity index (χ3n) is 4.33. The summed E-state index contributed by atoms with van der Waals surface area (Å²) in [6, 6.07) is 11.5. The minimum atomic E-state index is -0.167. The molecule has 1 N–H and O–H groups in total. The van der Waals surface area contributed by atoms with Gasteiger partial charge in [0, 0.05) is 37.1 Å². The third kappa shape index (κ3) is 3.85. The van der Waals surface area contributed by atoms with E-state index in [9.17, 15) is 4.79 Å². The van der Waals surface area contributed by atoms with Crippen LogP contribution in [0.4, 0.5) is 5.69 Å². The Morgan fingerprint density at radius 1 is 1.21 bits per heavy atom. The second-order valence-electron chi connectivity index (χ2n) is 5.94. The Hall–Kier alpha value is -2.56. The number of carbonyl (C=O) groups excluding carboxylic acids is 1. The van der Waals surface area contributed by atoms with E-state index in [1.54, 1.807) is 13.3 Å². The van der Waals surface area contributed by atoms with Gasteiger partial charge >= 0.3 is 0 Å². The molecule has 126 valence electrons. The fourth-order valence-electron chi connectivity index (χ4n) is 3.01. The molecule has 1 aliphatic heterocycles. The largest absolute Gasteiger partial charge is 0.496 e. The molecule has 1 fully saturated rings. The predicted octanol–water partition coefficient (Wildman–Crippen LogP) is 3.01. The normalized spacial score (nSPS) is 14.3. The second kappa shape index (κ2) is 7.81. The Morgan fingerprint density at radius 2 is 2.00 bits per heavy atom. The number of piperidine rings is 1. The van der Waals surface area contributed by atoms with Gasteiger partial charge in [-0.1, -0.05) is 18.2 Å². The van der Waals surface area contributed by atoms with E-state index in [2.05, 4.69) is 15.2 Å². The first-order chi connectivity index (χ1) is 11.8. The Balaban J connectivity index is 1.66. The molecule has 1 aromatic heterocycles. The highest BCUT2D eigenvalue weighted by atomic mass is 16.5. The van der Waals surface area contributed by atoms with E-state index in [1.807, 2.05) is 36.4 Å². The van der Waals surface area contributed by atoms with Crippen LogP contribution < -0.4 is 15.0 Å². The Kier molecular flexibility index (Phi) is 5.31. The number of aromatic nitrogens is 1. The first-order valence-corrected chi connectivity index (χ1v) is 8.39. The number of methoxy groups -OCH3 is 1. The quantitative estimate of drug-likeness (QED) is 0.918. The topological polar surface area (TPSA) is 54.5 Å². The van der Waals surface area contributed by atoms with Gasteiger partial charge in [0.1, 0.15) is 11.4 Å². The molecule has 24 heavy (non-hydrogen) atoms. The van der Waals surface area contributed by atoms with Crippen LogP contribution in [0.15, 0.2) is 42.6 Å². The number of hydrogen-bond acceptors (Lipinski definition) is 4. The Bertz CT molecular complexity index is 697. The number of nitrogens with zero attached hydrogens (tertiary/aromatic N) is 2. The van der Waals surface area contributed by atoms with Gasteiger partial charge in [0.15, 0.2) is 0 Å². The van der Waals surface area contributed by atoms with E-state index in [1.165, 1.54) is 19.3 Å². The maximum atomic E-state index is 12.4. The minimum absolute atomic E-state index is 0.167. The van der Waals surface area contributed by atoms with Crippen molar-refractivity contribution in [2.75, 3.05) is 25.1 Å². The Morgan fingerprint density at radius 3 is 2.79 bits per heavy atom. The number of anilines is 1. The summed E-state index contributed by atoms with van der Waals surface area (Å²) < 4.78 is 5.31. The third-order valence-corrected chi connectivity index (χ3v) is 4.33. The van der Waals surface area contributed by atoms with Crippen molar-refractivity contribution in [2.45, 2.75) is 25.8 Å². The average molecular weight is 325 g/mol. The van der Waals surface area contributed by atoms with Crippen LogP contribution >= 0.6 is 0 Å². The number of para-hydroxylation sites is 1. The summed E-state index contributed by atoms with van der Waals surface area (Å²) in [5.41, 5.74) is 2.47. The van der Waals surface area contributed by atoms with Gasteiger partial charge in [-0.2, -0.15) is 0 Å². The summed E-state index contributed by atoms with van der Waals surface area (Å²) in [6.45, 7) is 2.51. The zero-order valence-electron chi connectivity index (χ0n) is 14.0. The van der Waals surface area contributed by atoms with Gasteiger partial charge in [-0.15, -0.1) is 0 Å². The first kappa shape index (κ1) is 16.3. The fraction of sp³-hybridized carbons (Fsp3) is 0.368. The lowest BCUT2D eigenvalue weighted by atomic mass is 10.1. The summed E-state index contributed by atoms with van der Waals surface area (Å²) >= 11 is 0. The summed E-state index contributed by atoms with van der Waals surface area (Å²) in [7, 11) is 1.63. The van der Waals surface area contributed by atoms with E-state index < -0.39 is 0 Å². The van der Waals surface area contributed by atoms with Gasteiger partial charge in [-0.05, 0) is 37.5 Å². The molecule has 0 radical (unpaired) electrons. The molecule has 2 heterocycles. The molecular weight excluding hydrogens is 302 g/mol. The van der Waals surface area contributed by atoms with Crippen molar-refractivity contribution in [3.05, 3.63) is 53.9 Å². The van der Waals surface area contributed by atoms with E-state index in [0.717, 1.165) is 30.1 Å². The summed E-state index contributed by atoms with van der Waals surface area (Å²) in [5.74, 6) is 0.604. The maximum absolute atomic E-state index is 12.4. The first-order valence-electron chi connectivity index (χ1n) is 8.39. The van der Waals surface area contributed by atoms with Crippen molar-refractivity contribution >= 4 is 11.6 Å². The molecule has 5 heteroatoms. The molecule has 1 aromatic carbocycles.